The molecular weight excluding hydrogens is 1140 g/mol. The predicted molar refractivity (Wildman–Crippen MR) is 358 cm³/mol. The highest BCUT2D eigenvalue weighted by Gasteiger charge is 2.31. The Hall–Kier alpha value is -7.90. The number of unbranched alkanes of at least 4 members (excludes halogenated alkanes) is 6. The lowest BCUT2D eigenvalue weighted by Crippen LogP contribution is -2.33. The summed E-state index contributed by atoms with van der Waals surface area (Å²) in [5.74, 6) is -0.777. The smallest absolute Gasteiger partial charge is 0.305 e. The van der Waals surface area contributed by atoms with E-state index in [1.165, 1.54) is 0 Å². The van der Waals surface area contributed by atoms with Crippen molar-refractivity contribution < 1.29 is 47.7 Å². The fourth-order valence-electron chi connectivity index (χ4n) is 10.5. The van der Waals surface area contributed by atoms with E-state index in [9.17, 15) is 28.8 Å². The van der Waals surface area contributed by atoms with Crippen LogP contribution in [0.15, 0.2) is 97.1 Å². The van der Waals surface area contributed by atoms with Crippen molar-refractivity contribution in [1.82, 2.24) is 35.3 Å². The van der Waals surface area contributed by atoms with E-state index in [1.807, 2.05) is 104 Å². The van der Waals surface area contributed by atoms with Crippen LogP contribution in [-0.2, 0) is 73.9 Å². The van der Waals surface area contributed by atoms with E-state index in [1.54, 1.807) is 19.2 Å². The van der Waals surface area contributed by atoms with Crippen molar-refractivity contribution in [3.8, 4) is 45.0 Å². The SMILES string of the molecule is C.C.C.C.CCCCCCC(=O)OCCn1nnc2c1-c1ccccc1CN(C(=O)CCC(=O)NCCOCCC)c1ccccc1-2.CCCCCCC(=O)OCCn1nnc2c1-c1ccccc1N(C(=O)CCC(=O)CCCOCCC)Cc1ccccc1-2. The normalized spacial score (nSPS) is 11.5. The highest BCUT2D eigenvalue weighted by atomic mass is 16.5. The fourth-order valence-corrected chi connectivity index (χ4v) is 10.5. The predicted octanol–water partition coefficient (Wildman–Crippen LogP) is 14.4. The molecule has 4 heterocycles. The Morgan fingerprint density at radius 2 is 0.889 bits per heavy atom. The molecule has 0 saturated carbocycles. The third kappa shape index (κ3) is 22.2. The number of carbonyl (C=O) groups excluding carboxylic acids is 6. The molecule has 0 atom stereocenters. The van der Waals surface area contributed by atoms with Gasteiger partial charge in [0, 0.05) is 93.6 Å². The number of fused-ring (bicyclic) bond motifs is 10. The van der Waals surface area contributed by atoms with Crippen LogP contribution in [0.3, 0.4) is 0 Å². The maximum absolute atomic E-state index is 13.7. The van der Waals surface area contributed by atoms with Gasteiger partial charge in [-0.25, -0.2) is 9.36 Å². The Labute approximate surface area is 536 Å². The molecule has 8 rings (SSSR count). The summed E-state index contributed by atoms with van der Waals surface area (Å²) in [5, 5.41) is 20.8. The summed E-state index contributed by atoms with van der Waals surface area (Å²) in [6.45, 7) is 12.9. The van der Waals surface area contributed by atoms with Gasteiger partial charge in [0.1, 0.15) is 30.4 Å². The summed E-state index contributed by atoms with van der Waals surface area (Å²) >= 11 is 0. The maximum atomic E-state index is 13.7. The zero-order valence-corrected chi connectivity index (χ0v) is 50.9. The van der Waals surface area contributed by atoms with Crippen molar-refractivity contribution in [3.63, 3.8) is 0 Å². The zero-order valence-electron chi connectivity index (χ0n) is 50.9. The van der Waals surface area contributed by atoms with Crippen LogP contribution in [-0.4, -0.2) is 112 Å². The average molecular weight is 1240 g/mol. The van der Waals surface area contributed by atoms with Gasteiger partial charge in [0.05, 0.1) is 55.5 Å². The molecule has 0 aliphatic carbocycles. The van der Waals surface area contributed by atoms with E-state index in [2.05, 4.69) is 46.7 Å². The number of ketones is 1. The molecule has 19 heteroatoms. The number of aromatic nitrogens is 6. The van der Waals surface area contributed by atoms with Crippen molar-refractivity contribution in [2.75, 3.05) is 56.0 Å². The summed E-state index contributed by atoms with van der Waals surface area (Å²) in [4.78, 5) is 80.3. The minimum atomic E-state index is -0.204. The van der Waals surface area contributed by atoms with Crippen LogP contribution < -0.4 is 15.1 Å². The molecule has 0 radical (unpaired) electrons. The summed E-state index contributed by atoms with van der Waals surface area (Å²) in [5.41, 5.74) is 9.67. The number of para-hydroxylation sites is 2. The molecule has 2 aliphatic rings. The first-order valence-corrected chi connectivity index (χ1v) is 31.1. The van der Waals surface area contributed by atoms with E-state index in [0.717, 1.165) is 120 Å². The number of ether oxygens (including phenoxy) is 4. The molecule has 3 amide bonds. The highest BCUT2D eigenvalue weighted by Crippen LogP contribution is 2.43. The number of amides is 3. The molecule has 2 aliphatic heterocycles. The second kappa shape index (κ2) is 41.4. The van der Waals surface area contributed by atoms with E-state index in [0.29, 0.717) is 96.2 Å². The molecule has 0 bridgehead atoms. The minimum Gasteiger partial charge on any atom is -0.464 e. The van der Waals surface area contributed by atoms with Crippen LogP contribution in [0.4, 0.5) is 11.4 Å². The average Bonchev–Trinajstić information content (AvgIpc) is 1.49. The van der Waals surface area contributed by atoms with Crippen molar-refractivity contribution in [3.05, 3.63) is 108 Å². The maximum Gasteiger partial charge on any atom is 0.305 e. The lowest BCUT2D eigenvalue weighted by Gasteiger charge is -2.28. The minimum absolute atomic E-state index is 0. The van der Waals surface area contributed by atoms with Crippen LogP contribution in [0, 0.1) is 0 Å². The quantitative estimate of drug-likeness (QED) is 0.0299. The van der Waals surface area contributed by atoms with Gasteiger partial charge in [0.2, 0.25) is 17.7 Å². The summed E-state index contributed by atoms with van der Waals surface area (Å²) in [7, 11) is 0. The Balaban J connectivity index is 0.000000450. The van der Waals surface area contributed by atoms with Gasteiger partial charge < -0.3 is 34.1 Å². The molecule has 4 aromatic carbocycles. The Kier molecular flexibility index (Phi) is 35.1. The molecular formula is C71H103N9O10. The summed E-state index contributed by atoms with van der Waals surface area (Å²) in [6, 6.07) is 31.1. The van der Waals surface area contributed by atoms with Crippen LogP contribution in [0.1, 0.15) is 184 Å². The standard InChI is InChI=1S/C34H44N4O5.C33H43N5O5.4CH4/c1-3-5-6-7-18-32(41)43-24-21-38-34-29-16-10-11-17-30(29)37(25-26-13-8-9-15-28(26)33(34)35-36-38)31(40)20-19-27(39)14-12-23-42-22-4-2;1-3-5-6-7-16-31(41)43-23-20-38-33-26-13-9-8-12-25(26)24-37(28-15-11-10-14-27(28)32(33)35-36-38)30(40)18-17-29(39)34-19-22-42-21-4-2;;;;/h8-11,13,15-17H,3-7,12,14,18-25H2,1-2H3;8-15H,3-7,16-24H2,1-2H3,(H,34,39);4*1H4. The Morgan fingerprint density at radius 3 is 1.44 bits per heavy atom. The molecule has 1 N–H and O–H groups in total. The van der Waals surface area contributed by atoms with Gasteiger partial charge in [-0.1, -0.05) is 191 Å². The molecule has 19 nitrogen and oxygen atoms in total. The van der Waals surface area contributed by atoms with E-state index >= 15 is 0 Å². The van der Waals surface area contributed by atoms with Gasteiger partial charge >= 0.3 is 11.9 Å². The van der Waals surface area contributed by atoms with Crippen molar-refractivity contribution >= 4 is 46.8 Å². The number of hydrogen-bond donors (Lipinski definition) is 1. The highest BCUT2D eigenvalue weighted by molar-refractivity contribution is 6.02. The third-order valence-electron chi connectivity index (χ3n) is 15.0. The molecule has 492 valence electrons. The number of nitrogens with one attached hydrogen (secondary N) is 1. The lowest BCUT2D eigenvalue weighted by atomic mass is 9.95. The monoisotopic (exact) mass is 1240 g/mol. The number of benzene rings is 4. The number of carbonyl (C=O) groups is 6. The van der Waals surface area contributed by atoms with Gasteiger partial charge in [-0.15, -0.1) is 10.2 Å². The van der Waals surface area contributed by atoms with Crippen molar-refractivity contribution in [1.29, 1.82) is 0 Å². The number of nitrogens with zero attached hydrogens (tertiary/aromatic N) is 8. The summed E-state index contributed by atoms with van der Waals surface area (Å²) in [6.07, 6.45) is 12.5. The van der Waals surface area contributed by atoms with Crippen LogP contribution in [0.2, 0.25) is 0 Å². The molecule has 90 heavy (non-hydrogen) atoms. The topological polar surface area (TPSA) is 219 Å². The number of esters is 2. The van der Waals surface area contributed by atoms with Crippen molar-refractivity contribution in [2.24, 2.45) is 0 Å². The van der Waals surface area contributed by atoms with Crippen molar-refractivity contribution in [2.45, 2.75) is 199 Å². The van der Waals surface area contributed by atoms with Gasteiger partial charge in [0.15, 0.2) is 0 Å². The lowest BCUT2D eigenvalue weighted by molar-refractivity contribution is -0.145. The van der Waals surface area contributed by atoms with Gasteiger partial charge in [0.25, 0.3) is 0 Å². The molecule has 2 aromatic heterocycles. The molecule has 0 unspecified atom stereocenters. The zero-order chi connectivity index (χ0) is 60.9. The molecule has 0 saturated heterocycles. The number of anilines is 2. The fraction of sp³-hybridized carbons (Fsp3) is 0.521. The van der Waals surface area contributed by atoms with Crippen LogP contribution in [0.5, 0.6) is 0 Å². The molecule has 6 aromatic rings. The van der Waals surface area contributed by atoms with Gasteiger partial charge in [-0.2, -0.15) is 0 Å². The third-order valence-corrected chi connectivity index (χ3v) is 15.0. The first kappa shape index (κ1) is 76.3. The Morgan fingerprint density at radius 1 is 0.433 bits per heavy atom. The second-order valence-corrected chi connectivity index (χ2v) is 21.6. The largest absolute Gasteiger partial charge is 0.464 e. The molecule has 0 spiro atoms. The molecule has 0 fully saturated rings. The Bertz CT molecular complexity index is 3160. The van der Waals surface area contributed by atoms with Crippen LogP contribution in [0.25, 0.3) is 45.0 Å². The van der Waals surface area contributed by atoms with E-state index in [-0.39, 0.29) is 104 Å². The first-order chi connectivity index (χ1) is 42.1. The number of hydrogen-bond acceptors (Lipinski definition) is 14. The first-order valence-electron chi connectivity index (χ1n) is 31.1. The van der Waals surface area contributed by atoms with Gasteiger partial charge in [-0.05, 0) is 55.4 Å². The van der Waals surface area contributed by atoms with Crippen LogP contribution >= 0.6 is 0 Å². The second-order valence-electron chi connectivity index (χ2n) is 21.6. The van der Waals surface area contributed by atoms with E-state index in [4.69, 9.17) is 18.9 Å². The number of rotatable bonds is 33. The van der Waals surface area contributed by atoms with E-state index < -0.39 is 0 Å². The summed E-state index contributed by atoms with van der Waals surface area (Å²) < 4.78 is 25.5. The van der Waals surface area contributed by atoms with Gasteiger partial charge in [-0.3, -0.25) is 28.8 Å². The number of Topliss-reactive ketones (excluding diaryl/α,β-unsaturated/α-hetero) is 1.